The van der Waals surface area contributed by atoms with Crippen LogP contribution in [0.25, 0.3) is 0 Å². The molecule has 1 aliphatic heterocycles. The van der Waals surface area contributed by atoms with Crippen LogP contribution in [0.5, 0.6) is 0 Å². The number of rotatable bonds is 1. The van der Waals surface area contributed by atoms with E-state index in [0.717, 1.165) is 0 Å². The molecule has 1 heterocycles. The van der Waals surface area contributed by atoms with Gasteiger partial charge in [0, 0.05) is 5.92 Å². The molecule has 0 fully saturated rings. The second-order valence-corrected chi connectivity index (χ2v) is 2.22. The highest BCUT2D eigenvalue weighted by atomic mass is 16.1. The van der Waals surface area contributed by atoms with E-state index in [4.69, 9.17) is 0 Å². The highest BCUT2D eigenvalue weighted by molar-refractivity contribution is 6.34. The molecule has 0 spiro atoms. The molecule has 1 aliphatic rings. The molecule has 0 unspecified atom stereocenters. The quantitative estimate of drug-likeness (QED) is 0.506. The Morgan fingerprint density at radius 2 is 2.22 bits per heavy atom. The first-order valence-corrected chi connectivity index (χ1v) is 2.87. The highest BCUT2D eigenvalue weighted by Gasteiger charge is 2.10. The van der Waals surface area contributed by atoms with Crippen molar-refractivity contribution < 1.29 is 4.79 Å². The first-order valence-electron chi connectivity index (χ1n) is 2.87. The summed E-state index contributed by atoms with van der Waals surface area (Å²) in [7, 11) is 0. The van der Waals surface area contributed by atoms with Crippen molar-refractivity contribution in [1.29, 1.82) is 0 Å². The first-order chi connectivity index (χ1) is 4.20. The van der Waals surface area contributed by atoms with E-state index in [9.17, 15) is 4.79 Å². The minimum Gasteiger partial charge on any atom is -0.266 e. The number of amidine groups is 1. The third-order valence-corrected chi connectivity index (χ3v) is 1.05. The Bertz CT molecular complexity index is 191. The third kappa shape index (κ3) is 1.22. The molecule has 0 aromatic rings. The molecule has 0 radical (unpaired) electrons. The van der Waals surface area contributed by atoms with E-state index in [0.29, 0.717) is 5.84 Å². The smallest absolute Gasteiger partial charge is 0.266 e. The Balaban J connectivity index is 2.75. The van der Waals surface area contributed by atoms with Crippen LogP contribution in [-0.4, -0.2) is 18.0 Å². The molecule has 1 amide bonds. The van der Waals surface area contributed by atoms with Gasteiger partial charge >= 0.3 is 0 Å². The summed E-state index contributed by atoms with van der Waals surface area (Å²) >= 11 is 0. The molecule has 0 saturated carbocycles. The van der Waals surface area contributed by atoms with Gasteiger partial charge in [-0.1, -0.05) is 13.8 Å². The zero-order chi connectivity index (χ0) is 6.85. The van der Waals surface area contributed by atoms with E-state index in [1.54, 1.807) is 0 Å². The predicted molar refractivity (Wildman–Crippen MR) is 35.8 cm³/mol. The predicted octanol–water partition coefficient (Wildman–Crippen LogP) is 0.652. The normalized spacial score (nSPS) is 17.2. The van der Waals surface area contributed by atoms with E-state index in [2.05, 4.69) is 9.98 Å². The zero-order valence-electron chi connectivity index (χ0n) is 5.46. The van der Waals surface area contributed by atoms with Crippen LogP contribution < -0.4 is 0 Å². The number of aliphatic imine (C=N–C) groups is 2. The van der Waals surface area contributed by atoms with Crippen molar-refractivity contribution in [1.82, 2.24) is 0 Å². The summed E-state index contributed by atoms with van der Waals surface area (Å²) in [4.78, 5) is 17.9. The van der Waals surface area contributed by atoms with Gasteiger partial charge in [-0.25, -0.2) is 4.99 Å². The Labute approximate surface area is 53.5 Å². The largest absolute Gasteiger partial charge is 0.289 e. The number of hydrogen-bond acceptors (Lipinski definition) is 2. The lowest BCUT2D eigenvalue weighted by Crippen LogP contribution is -2.00. The van der Waals surface area contributed by atoms with Crippen molar-refractivity contribution in [2.24, 2.45) is 15.9 Å². The van der Waals surface area contributed by atoms with Crippen LogP contribution in [0.3, 0.4) is 0 Å². The second kappa shape index (κ2) is 2.09. The lowest BCUT2D eigenvalue weighted by Gasteiger charge is -1.95. The Morgan fingerprint density at radius 3 is 2.44 bits per heavy atom. The van der Waals surface area contributed by atoms with Crippen LogP contribution >= 0.6 is 0 Å². The average molecular weight is 124 g/mol. The molecule has 0 aromatic carbocycles. The van der Waals surface area contributed by atoms with Crippen LogP contribution in [0.4, 0.5) is 0 Å². The van der Waals surface area contributed by atoms with Gasteiger partial charge in [0.05, 0.1) is 6.21 Å². The van der Waals surface area contributed by atoms with Gasteiger partial charge in [0.15, 0.2) is 0 Å². The molecule has 1 rings (SSSR count). The standard InChI is InChI=1S/C6H8N2O/c1-4(2)6-7-3-5(9)8-6/h3-4H,1-2H3. The van der Waals surface area contributed by atoms with Crippen molar-refractivity contribution in [2.75, 3.05) is 0 Å². The fraction of sp³-hybridized carbons (Fsp3) is 0.500. The van der Waals surface area contributed by atoms with Crippen molar-refractivity contribution in [3.8, 4) is 0 Å². The van der Waals surface area contributed by atoms with E-state index in [1.807, 2.05) is 13.8 Å². The van der Waals surface area contributed by atoms with Crippen LogP contribution in [0.2, 0.25) is 0 Å². The Kier molecular flexibility index (Phi) is 1.42. The summed E-state index contributed by atoms with van der Waals surface area (Å²) in [5, 5.41) is 0. The molecule has 3 nitrogen and oxygen atoms in total. The monoisotopic (exact) mass is 124 g/mol. The van der Waals surface area contributed by atoms with E-state index in [-0.39, 0.29) is 11.8 Å². The van der Waals surface area contributed by atoms with Crippen LogP contribution in [0, 0.1) is 5.92 Å². The van der Waals surface area contributed by atoms with Crippen molar-refractivity contribution in [2.45, 2.75) is 13.8 Å². The van der Waals surface area contributed by atoms with E-state index < -0.39 is 0 Å². The summed E-state index contributed by atoms with van der Waals surface area (Å²) in [6, 6.07) is 0. The molecular weight excluding hydrogens is 116 g/mol. The fourth-order valence-corrected chi connectivity index (χ4v) is 0.570. The lowest BCUT2D eigenvalue weighted by atomic mass is 10.2. The summed E-state index contributed by atoms with van der Waals surface area (Å²) in [5.74, 6) is 0.659. The molecule has 0 saturated heterocycles. The topological polar surface area (TPSA) is 41.8 Å². The maximum atomic E-state index is 10.4. The van der Waals surface area contributed by atoms with Gasteiger partial charge in [-0.05, 0) is 0 Å². The van der Waals surface area contributed by atoms with Crippen LogP contribution in [-0.2, 0) is 4.79 Å². The number of amides is 1. The van der Waals surface area contributed by atoms with Crippen molar-refractivity contribution >= 4 is 18.0 Å². The van der Waals surface area contributed by atoms with Gasteiger partial charge in [-0.15, -0.1) is 0 Å². The molecule has 9 heavy (non-hydrogen) atoms. The molecule has 0 N–H and O–H groups in total. The van der Waals surface area contributed by atoms with Crippen molar-refractivity contribution in [3.05, 3.63) is 0 Å². The minimum absolute atomic E-state index is 0.237. The summed E-state index contributed by atoms with van der Waals surface area (Å²) in [6.07, 6.45) is 1.25. The molecule has 48 valence electrons. The maximum Gasteiger partial charge on any atom is 0.289 e. The van der Waals surface area contributed by atoms with Crippen molar-refractivity contribution in [3.63, 3.8) is 0 Å². The first kappa shape index (κ1) is 6.13. The molecule has 0 aromatic heterocycles. The number of nitrogens with zero attached hydrogens (tertiary/aromatic N) is 2. The van der Waals surface area contributed by atoms with E-state index in [1.165, 1.54) is 6.21 Å². The molecule has 0 bridgehead atoms. The fourth-order valence-electron chi connectivity index (χ4n) is 0.570. The molecular formula is C6H8N2O. The van der Waals surface area contributed by atoms with E-state index >= 15 is 0 Å². The highest BCUT2D eigenvalue weighted by Crippen LogP contribution is 2.02. The average Bonchev–Trinajstić information content (AvgIpc) is 2.14. The van der Waals surface area contributed by atoms with Gasteiger partial charge < -0.3 is 0 Å². The van der Waals surface area contributed by atoms with Crippen LogP contribution in [0.15, 0.2) is 9.98 Å². The SMILES string of the molecule is CC(C)C1=NC(=O)C=N1. The van der Waals surface area contributed by atoms with Gasteiger partial charge in [-0.3, -0.25) is 4.79 Å². The molecule has 3 heteroatoms. The summed E-state index contributed by atoms with van der Waals surface area (Å²) in [5.41, 5.74) is 0. The van der Waals surface area contributed by atoms with Gasteiger partial charge in [0.25, 0.3) is 5.91 Å². The number of hydrogen-bond donors (Lipinski definition) is 0. The molecule has 0 atom stereocenters. The van der Waals surface area contributed by atoms with Crippen LogP contribution in [0.1, 0.15) is 13.8 Å². The number of carbonyl (C=O) groups excluding carboxylic acids is 1. The third-order valence-electron chi connectivity index (χ3n) is 1.05. The Hall–Kier alpha value is -0.990. The maximum absolute atomic E-state index is 10.4. The van der Waals surface area contributed by atoms with Gasteiger partial charge in [0.2, 0.25) is 0 Å². The lowest BCUT2D eigenvalue weighted by molar-refractivity contribution is -0.111. The zero-order valence-corrected chi connectivity index (χ0v) is 5.46. The number of carbonyl (C=O) groups is 1. The molecule has 0 aliphatic carbocycles. The Morgan fingerprint density at radius 1 is 1.56 bits per heavy atom. The summed E-state index contributed by atoms with van der Waals surface area (Å²) < 4.78 is 0. The summed E-state index contributed by atoms with van der Waals surface area (Å²) in [6.45, 7) is 3.91. The van der Waals surface area contributed by atoms with Gasteiger partial charge in [-0.2, -0.15) is 4.99 Å². The minimum atomic E-state index is -0.237. The second-order valence-electron chi connectivity index (χ2n) is 2.22. The van der Waals surface area contributed by atoms with Gasteiger partial charge in [0.1, 0.15) is 5.84 Å².